The van der Waals surface area contributed by atoms with Crippen LogP contribution in [-0.4, -0.2) is 31.2 Å². The molecule has 2 N–H and O–H groups in total. The summed E-state index contributed by atoms with van der Waals surface area (Å²) in [6, 6.07) is 6.70. The maximum Gasteiger partial charge on any atom is 0.0589 e. The number of ether oxygens (including phenoxy) is 1. The third kappa shape index (κ3) is 3.94. The molecule has 1 aliphatic carbocycles. The Morgan fingerprint density at radius 2 is 2.21 bits per heavy atom. The van der Waals surface area contributed by atoms with Gasteiger partial charge in [-0.15, -0.1) is 0 Å². The predicted octanol–water partition coefficient (Wildman–Crippen LogP) is 3.28. The molecule has 0 heterocycles. The molecule has 3 nitrogen and oxygen atoms in total. The van der Waals surface area contributed by atoms with Crippen molar-refractivity contribution in [3.8, 4) is 0 Å². The highest BCUT2D eigenvalue weighted by Gasteiger charge is 2.32. The molecule has 1 aromatic rings. The van der Waals surface area contributed by atoms with Crippen LogP contribution in [0.2, 0.25) is 0 Å². The first-order valence-corrected chi connectivity index (χ1v) is 7.68. The molecule has 0 saturated heterocycles. The molecule has 106 valence electrons. The Balaban J connectivity index is 2.07. The molecule has 0 spiro atoms. The topological polar surface area (TPSA) is 38.5 Å². The Morgan fingerprint density at radius 3 is 2.84 bits per heavy atom. The van der Waals surface area contributed by atoms with Crippen molar-refractivity contribution in [2.24, 2.45) is 5.92 Å². The van der Waals surface area contributed by atoms with Crippen LogP contribution in [0.1, 0.15) is 25.3 Å². The molecular weight excluding hydrogens is 304 g/mol. The Morgan fingerprint density at radius 1 is 1.47 bits per heavy atom. The van der Waals surface area contributed by atoms with E-state index in [-0.39, 0.29) is 0 Å². The van der Waals surface area contributed by atoms with Crippen molar-refractivity contribution in [1.82, 2.24) is 4.90 Å². The molecule has 1 aliphatic rings. The Bertz CT molecular complexity index is 421. The van der Waals surface area contributed by atoms with Gasteiger partial charge in [-0.1, -0.05) is 12.1 Å². The molecule has 1 saturated carbocycles. The van der Waals surface area contributed by atoms with Gasteiger partial charge in [0.25, 0.3) is 0 Å². The Kier molecular flexibility index (Phi) is 5.25. The smallest absolute Gasteiger partial charge is 0.0589 e. The summed E-state index contributed by atoms with van der Waals surface area (Å²) in [7, 11) is 1.76. The number of hydrogen-bond donors (Lipinski definition) is 1. The fourth-order valence-corrected chi connectivity index (χ4v) is 2.84. The molecule has 1 atom stereocenters. The second kappa shape index (κ2) is 6.73. The van der Waals surface area contributed by atoms with E-state index in [1.807, 2.05) is 12.1 Å². The first-order chi connectivity index (χ1) is 9.13. The summed E-state index contributed by atoms with van der Waals surface area (Å²) in [4.78, 5) is 2.50. The molecule has 1 aromatic carbocycles. The van der Waals surface area contributed by atoms with Crippen molar-refractivity contribution in [2.75, 3.05) is 26.0 Å². The van der Waals surface area contributed by atoms with E-state index >= 15 is 0 Å². The molecule has 4 heteroatoms. The lowest BCUT2D eigenvalue weighted by Gasteiger charge is -2.29. The summed E-state index contributed by atoms with van der Waals surface area (Å²) >= 11 is 3.60. The van der Waals surface area contributed by atoms with E-state index in [1.54, 1.807) is 7.11 Å². The SMILES string of the molecule is COCCN(Cc1cccc(N)c1Br)C(C)C1CC1. The van der Waals surface area contributed by atoms with Gasteiger partial charge in [-0.3, -0.25) is 4.90 Å². The monoisotopic (exact) mass is 326 g/mol. The second-order valence-corrected chi connectivity index (χ2v) is 6.15. The van der Waals surface area contributed by atoms with Gasteiger partial charge >= 0.3 is 0 Å². The number of nitrogens with two attached hydrogens (primary N) is 1. The van der Waals surface area contributed by atoms with Crippen LogP contribution < -0.4 is 5.73 Å². The highest BCUT2D eigenvalue weighted by molar-refractivity contribution is 9.10. The average Bonchev–Trinajstić information content (AvgIpc) is 3.23. The van der Waals surface area contributed by atoms with Crippen LogP contribution in [-0.2, 0) is 11.3 Å². The maximum atomic E-state index is 5.95. The Labute approximate surface area is 124 Å². The molecule has 0 aliphatic heterocycles. The van der Waals surface area contributed by atoms with Gasteiger partial charge in [0.2, 0.25) is 0 Å². The minimum absolute atomic E-state index is 0.614. The van der Waals surface area contributed by atoms with Crippen LogP contribution in [0.4, 0.5) is 5.69 Å². The van der Waals surface area contributed by atoms with E-state index in [2.05, 4.69) is 33.8 Å². The lowest BCUT2D eigenvalue weighted by atomic mass is 10.1. The molecule has 1 unspecified atom stereocenters. The van der Waals surface area contributed by atoms with Gasteiger partial charge in [-0.2, -0.15) is 0 Å². The second-order valence-electron chi connectivity index (χ2n) is 5.36. The molecule has 0 aromatic heterocycles. The first kappa shape index (κ1) is 14.8. The first-order valence-electron chi connectivity index (χ1n) is 6.89. The van der Waals surface area contributed by atoms with Crippen molar-refractivity contribution >= 4 is 21.6 Å². The van der Waals surface area contributed by atoms with Gasteiger partial charge in [0.05, 0.1) is 6.61 Å². The van der Waals surface area contributed by atoms with E-state index < -0.39 is 0 Å². The van der Waals surface area contributed by atoms with E-state index in [1.165, 1.54) is 18.4 Å². The summed E-state index contributed by atoms with van der Waals surface area (Å²) in [6.07, 6.45) is 2.73. The molecule has 0 radical (unpaired) electrons. The van der Waals surface area contributed by atoms with Crippen LogP contribution in [0.3, 0.4) is 0 Å². The molecule has 0 bridgehead atoms. The fourth-order valence-electron chi connectivity index (χ4n) is 2.45. The van der Waals surface area contributed by atoms with Gasteiger partial charge in [-0.05, 0) is 53.2 Å². The zero-order valence-corrected chi connectivity index (χ0v) is 13.3. The molecule has 1 fully saturated rings. The summed E-state index contributed by atoms with van der Waals surface area (Å²) in [5.74, 6) is 0.858. The lowest BCUT2D eigenvalue weighted by Crippen LogP contribution is -2.36. The van der Waals surface area contributed by atoms with Gasteiger partial charge in [0.15, 0.2) is 0 Å². The number of methoxy groups -OCH3 is 1. The van der Waals surface area contributed by atoms with Crippen molar-refractivity contribution in [2.45, 2.75) is 32.4 Å². The van der Waals surface area contributed by atoms with Crippen molar-refractivity contribution < 1.29 is 4.74 Å². The van der Waals surface area contributed by atoms with E-state index in [0.29, 0.717) is 6.04 Å². The van der Waals surface area contributed by atoms with E-state index in [0.717, 1.165) is 35.8 Å². The van der Waals surface area contributed by atoms with Crippen molar-refractivity contribution in [3.63, 3.8) is 0 Å². The number of anilines is 1. The Hall–Kier alpha value is -0.580. The summed E-state index contributed by atoms with van der Waals surface area (Å²) in [5, 5.41) is 0. The molecule has 2 rings (SSSR count). The lowest BCUT2D eigenvalue weighted by molar-refractivity contribution is 0.111. The molecule has 19 heavy (non-hydrogen) atoms. The zero-order valence-electron chi connectivity index (χ0n) is 11.7. The third-order valence-electron chi connectivity index (χ3n) is 3.94. The van der Waals surface area contributed by atoms with Crippen LogP contribution in [0, 0.1) is 5.92 Å². The number of halogens is 1. The summed E-state index contributed by atoms with van der Waals surface area (Å²) in [6.45, 7) is 4.99. The fraction of sp³-hybridized carbons (Fsp3) is 0.600. The predicted molar refractivity (Wildman–Crippen MR) is 83.0 cm³/mol. The summed E-state index contributed by atoms with van der Waals surface area (Å²) in [5.41, 5.74) is 8.02. The van der Waals surface area contributed by atoms with Gasteiger partial charge in [0.1, 0.15) is 0 Å². The van der Waals surface area contributed by atoms with Gasteiger partial charge < -0.3 is 10.5 Å². The van der Waals surface area contributed by atoms with Gasteiger partial charge in [0, 0.05) is 36.4 Å². The number of nitrogens with zero attached hydrogens (tertiary/aromatic N) is 1. The number of benzene rings is 1. The standard InChI is InChI=1S/C15H23BrN2O/c1-11(12-6-7-12)18(8-9-19-2)10-13-4-3-5-14(17)15(13)16/h3-5,11-12H,6-10,17H2,1-2H3. The van der Waals surface area contributed by atoms with Crippen LogP contribution in [0.15, 0.2) is 22.7 Å². The largest absolute Gasteiger partial charge is 0.398 e. The van der Waals surface area contributed by atoms with E-state index in [4.69, 9.17) is 10.5 Å². The molecule has 0 amide bonds. The average molecular weight is 327 g/mol. The highest BCUT2D eigenvalue weighted by Crippen LogP contribution is 2.36. The number of nitrogen functional groups attached to an aromatic ring is 1. The highest BCUT2D eigenvalue weighted by atomic mass is 79.9. The minimum Gasteiger partial charge on any atom is -0.398 e. The van der Waals surface area contributed by atoms with Crippen LogP contribution in [0.25, 0.3) is 0 Å². The third-order valence-corrected chi connectivity index (χ3v) is 4.91. The maximum absolute atomic E-state index is 5.95. The zero-order chi connectivity index (χ0) is 13.8. The van der Waals surface area contributed by atoms with Gasteiger partial charge in [-0.25, -0.2) is 0 Å². The van der Waals surface area contributed by atoms with Crippen LogP contribution in [0.5, 0.6) is 0 Å². The molecular formula is C15H23BrN2O. The normalized spacial score (nSPS) is 16.8. The van der Waals surface area contributed by atoms with E-state index in [9.17, 15) is 0 Å². The number of hydrogen-bond acceptors (Lipinski definition) is 3. The van der Waals surface area contributed by atoms with Crippen LogP contribution >= 0.6 is 15.9 Å². The van der Waals surface area contributed by atoms with Crippen molar-refractivity contribution in [1.29, 1.82) is 0 Å². The quantitative estimate of drug-likeness (QED) is 0.781. The minimum atomic E-state index is 0.614. The number of rotatable bonds is 7. The summed E-state index contributed by atoms with van der Waals surface area (Å²) < 4.78 is 6.26. The van der Waals surface area contributed by atoms with Crippen molar-refractivity contribution in [3.05, 3.63) is 28.2 Å².